The van der Waals surface area contributed by atoms with E-state index in [1.54, 1.807) is 12.1 Å². The van der Waals surface area contributed by atoms with Crippen LogP contribution in [0.25, 0.3) is 0 Å². The molecule has 1 amide bonds. The number of nitrogens with one attached hydrogen (secondary N) is 1. The molecule has 7 heteroatoms. The fourth-order valence-electron chi connectivity index (χ4n) is 3.02. The summed E-state index contributed by atoms with van der Waals surface area (Å²) in [5.41, 5.74) is 0.484. The molecular formula is C19H19F3N2O2. The van der Waals surface area contributed by atoms with Gasteiger partial charge in [0.25, 0.3) is 5.91 Å². The predicted octanol–water partition coefficient (Wildman–Crippen LogP) is 2.91. The summed E-state index contributed by atoms with van der Waals surface area (Å²) in [7, 11) is 0. The Hall–Kier alpha value is -2.38. The van der Waals surface area contributed by atoms with Crippen LogP contribution in [0.1, 0.15) is 22.0 Å². The third-order valence-corrected chi connectivity index (χ3v) is 4.35. The molecule has 26 heavy (non-hydrogen) atoms. The highest BCUT2D eigenvalue weighted by Gasteiger charge is 2.24. The Morgan fingerprint density at radius 2 is 1.81 bits per heavy atom. The number of nitrogens with zero attached hydrogens (tertiary/aromatic N) is 1. The number of halogens is 3. The van der Waals surface area contributed by atoms with E-state index in [9.17, 15) is 18.0 Å². The first-order valence-electron chi connectivity index (χ1n) is 8.35. The number of amides is 1. The minimum Gasteiger partial charge on any atom is -0.379 e. The van der Waals surface area contributed by atoms with E-state index in [0.717, 1.165) is 12.1 Å². The molecule has 1 aliphatic rings. The molecule has 0 aromatic heterocycles. The van der Waals surface area contributed by atoms with Gasteiger partial charge in [0.2, 0.25) is 0 Å². The number of rotatable bonds is 5. The molecule has 4 nitrogen and oxygen atoms in total. The zero-order valence-corrected chi connectivity index (χ0v) is 14.1. The molecule has 0 radical (unpaired) electrons. The van der Waals surface area contributed by atoms with Crippen LogP contribution < -0.4 is 5.32 Å². The molecule has 1 N–H and O–H groups in total. The van der Waals surface area contributed by atoms with Crippen LogP contribution in [0.4, 0.5) is 13.2 Å². The highest BCUT2D eigenvalue weighted by molar-refractivity contribution is 5.94. The van der Waals surface area contributed by atoms with Crippen LogP contribution in [-0.2, 0) is 4.74 Å². The Morgan fingerprint density at radius 1 is 1.08 bits per heavy atom. The van der Waals surface area contributed by atoms with E-state index >= 15 is 0 Å². The maximum absolute atomic E-state index is 13.8. The van der Waals surface area contributed by atoms with Crippen LogP contribution >= 0.6 is 0 Å². The first kappa shape index (κ1) is 18.4. The lowest BCUT2D eigenvalue weighted by Gasteiger charge is -2.35. The van der Waals surface area contributed by atoms with Crippen LogP contribution in [0.5, 0.6) is 0 Å². The number of ether oxygens (including phenoxy) is 1. The zero-order chi connectivity index (χ0) is 18.5. The number of hydrogen-bond acceptors (Lipinski definition) is 3. The minimum atomic E-state index is -0.920. The molecule has 0 saturated carbocycles. The number of benzene rings is 2. The summed E-state index contributed by atoms with van der Waals surface area (Å²) < 4.78 is 45.8. The van der Waals surface area contributed by atoms with E-state index in [1.165, 1.54) is 12.1 Å². The van der Waals surface area contributed by atoms with Crippen LogP contribution in [0.15, 0.2) is 42.5 Å². The summed E-state index contributed by atoms with van der Waals surface area (Å²) in [4.78, 5) is 14.4. The molecule has 0 bridgehead atoms. The van der Waals surface area contributed by atoms with Gasteiger partial charge in [-0.25, -0.2) is 13.2 Å². The fourth-order valence-corrected chi connectivity index (χ4v) is 3.02. The third-order valence-electron chi connectivity index (χ3n) is 4.35. The standard InChI is InChI=1S/C19H19F3N2O2/c20-14-3-1-2-13(10-14)18(24-6-8-26-9-7-24)12-23-19(25)16-5-4-15(21)11-17(16)22/h1-5,10-11,18H,6-9,12H2,(H,23,25)/t18-/m1/s1. The van der Waals surface area contributed by atoms with Crippen molar-refractivity contribution in [3.8, 4) is 0 Å². The number of morpholine rings is 1. The van der Waals surface area contributed by atoms with Crippen LogP contribution in [0, 0.1) is 17.5 Å². The number of carbonyl (C=O) groups is 1. The van der Waals surface area contributed by atoms with Crippen molar-refractivity contribution in [3.63, 3.8) is 0 Å². The van der Waals surface area contributed by atoms with Gasteiger partial charge in [0, 0.05) is 25.7 Å². The van der Waals surface area contributed by atoms with E-state index in [1.807, 2.05) is 0 Å². The van der Waals surface area contributed by atoms with Gasteiger partial charge in [-0.15, -0.1) is 0 Å². The second-order valence-corrected chi connectivity index (χ2v) is 6.05. The average Bonchev–Trinajstić information content (AvgIpc) is 2.63. The van der Waals surface area contributed by atoms with Gasteiger partial charge in [-0.05, 0) is 29.8 Å². The summed E-state index contributed by atoms with van der Waals surface area (Å²) in [6.45, 7) is 2.54. The Kier molecular flexibility index (Phi) is 5.90. The predicted molar refractivity (Wildman–Crippen MR) is 90.2 cm³/mol. The first-order valence-corrected chi connectivity index (χ1v) is 8.35. The van der Waals surface area contributed by atoms with Gasteiger partial charge >= 0.3 is 0 Å². The summed E-state index contributed by atoms with van der Waals surface area (Å²) in [6, 6.07) is 8.70. The van der Waals surface area contributed by atoms with E-state index in [2.05, 4.69) is 10.2 Å². The molecule has 1 fully saturated rings. The van der Waals surface area contributed by atoms with Crippen LogP contribution in [0.3, 0.4) is 0 Å². The normalized spacial score (nSPS) is 16.3. The van der Waals surface area contributed by atoms with Crippen molar-refractivity contribution >= 4 is 5.91 Å². The van der Waals surface area contributed by atoms with Gasteiger partial charge in [0.05, 0.1) is 24.8 Å². The molecular weight excluding hydrogens is 345 g/mol. The summed E-state index contributed by atoms with van der Waals surface area (Å²) in [5.74, 6) is -2.67. The highest BCUT2D eigenvalue weighted by Crippen LogP contribution is 2.22. The van der Waals surface area contributed by atoms with Crippen LogP contribution in [-0.4, -0.2) is 43.7 Å². The smallest absolute Gasteiger partial charge is 0.254 e. The average molecular weight is 364 g/mol. The second kappa shape index (κ2) is 8.33. The lowest BCUT2D eigenvalue weighted by molar-refractivity contribution is 0.0161. The van der Waals surface area contributed by atoms with Crippen molar-refractivity contribution < 1.29 is 22.7 Å². The summed E-state index contributed by atoms with van der Waals surface area (Å²) >= 11 is 0. The van der Waals surface area contributed by atoms with Crippen LogP contribution in [0.2, 0.25) is 0 Å². The van der Waals surface area contributed by atoms with Gasteiger partial charge in [-0.2, -0.15) is 0 Å². The van der Waals surface area contributed by atoms with E-state index in [-0.39, 0.29) is 24.0 Å². The fraction of sp³-hybridized carbons (Fsp3) is 0.316. The van der Waals surface area contributed by atoms with Gasteiger partial charge in [-0.3, -0.25) is 9.69 Å². The maximum Gasteiger partial charge on any atom is 0.254 e. The molecule has 1 heterocycles. The Labute approximate surface area is 149 Å². The Bertz CT molecular complexity index is 779. The van der Waals surface area contributed by atoms with Gasteiger partial charge in [0.15, 0.2) is 0 Å². The molecule has 2 aromatic rings. The SMILES string of the molecule is O=C(NC[C@H](c1cccc(F)c1)N1CCOCC1)c1ccc(F)cc1F. The van der Waals surface area contributed by atoms with E-state index in [4.69, 9.17) is 4.74 Å². The lowest BCUT2D eigenvalue weighted by Crippen LogP contribution is -2.44. The van der Waals surface area contributed by atoms with Gasteiger partial charge in [0.1, 0.15) is 17.5 Å². The molecule has 138 valence electrons. The lowest BCUT2D eigenvalue weighted by atomic mass is 10.0. The Balaban J connectivity index is 1.76. The van der Waals surface area contributed by atoms with Crippen molar-refractivity contribution in [2.75, 3.05) is 32.8 Å². The molecule has 1 saturated heterocycles. The molecule has 0 aliphatic carbocycles. The monoisotopic (exact) mass is 364 g/mol. The van der Waals surface area contributed by atoms with E-state index < -0.39 is 17.5 Å². The Morgan fingerprint density at radius 3 is 2.50 bits per heavy atom. The topological polar surface area (TPSA) is 41.6 Å². The molecule has 2 aromatic carbocycles. The van der Waals surface area contributed by atoms with Gasteiger partial charge in [-0.1, -0.05) is 12.1 Å². The maximum atomic E-state index is 13.8. The van der Waals surface area contributed by atoms with Crippen molar-refractivity contribution in [1.29, 1.82) is 0 Å². The number of hydrogen-bond donors (Lipinski definition) is 1. The van der Waals surface area contributed by atoms with Crippen molar-refractivity contribution in [2.24, 2.45) is 0 Å². The first-order chi connectivity index (χ1) is 12.5. The van der Waals surface area contributed by atoms with Crippen molar-refractivity contribution in [3.05, 3.63) is 71.0 Å². The molecule has 1 aliphatic heterocycles. The molecule has 0 spiro atoms. The molecule has 0 unspecified atom stereocenters. The quantitative estimate of drug-likeness (QED) is 0.887. The second-order valence-electron chi connectivity index (χ2n) is 6.05. The minimum absolute atomic E-state index is 0.166. The number of carbonyl (C=O) groups excluding carboxylic acids is 1. The summed E-state index contributed by atoms with van der Waals surface area (Å²) in [5, 5.41) is 2.67. The van der Waals surface area contributed by atoms with Crippen molar-refractivity contribution in [1.82, 2.24) is 10.2 Å². The highest BCUT2D eigenvalue weighted by atomic mass is 19.1. The summed E-state index contributed by atoms with van der Waals surface area (Å²) in [6.07, 6.45) is 0. The molecule has 3 rings (SSSR count). The zero-order valence-electron chi connectivity index (χ0n) is 14.1. The third kappa shape index (κ3) is 4.42. The largest absolute Gasteiger partial charge is 0.379 e. The van der Waals surface area contributed by atoms with Crippen molar-refractivity contribution in [2.45, 2.75) is 6.04 Å². The van der Waals surface area contributed by atoms with Gasteiger partial charge < -0.3 is 10.1 Å². The molecule has 1 atom stereocenters. The van der Waals surface area contributed by atoms with E-state index in [0.29, 0.717) is 37.9 Å².